The van der Waals surface area contributed by atoms with E-state index in [0.717, 1.165) is 16.9 Å². The zero-order chi connectivity index (χ0) is 15.3. The highest BCUT2D eigenvalue weighted by atomic mass is 35.5. The van der Waals surface area contributed by atoms with E-state index in [9.17, 15) is 8.78 Å². The summed E-state index contributed by atoms with van der Waals surface area (Å²) < 4.78 is 28.0. The SMILES string of the molecule is CC.CC(C)(CC[N+]1(C)CCC(F)(F)CC1)N(Cl)Cl. The van der Waals surface area contributed by atoms with E-state index in [4.69, 9.17) is 23.6 Å². The number of hydrogen-bond donors (Lipinski definition) is 0. The summed E-state index contributed by atoms with van der Waals surface area (Å²) in [6.45, 7) is 9.75. The van der Waals surface area contributed by atoms with Gasteiger partial charge in [0.1, 0.15) is 0 Å². The predicted molar refractivity (Wildman–Crippen MR) is 78.6 cm³/mol. The van der Waals surface area contributed by atoms with Gasteiger partial charge >= 0.3 is 0 Å². The van der Waals surface area contributed by atoms with Crippen molar-refractivity contribution in [1.29, 1.82) is 0 Å². The number of hydrogen-bond acceptors (Lipinski definition) is 1. The molecule has 1 fully saturated rings. The van der Waals surface area contributed by atoms with Crippen molar-refractivity contribution in [2.45, 2.75) is 58.4 Å². The third-order valence-corrected chi connectivity index (χ3v) is 4.67. The lowest BCUT2D eigenvalue weighted by molar-refractivity contribution is -0.917. The van der Waals surface area contributed by atoms with Crippen LogP contribution in [0.5, 0.6) is 0 Å². The second-order valence-corrected chi connectivity index (χ2v) is 6.79. The van der Waals surface area contributed by atoms with Crippen LogP contribution in [0.2, 0.25) is 0 Å². The maximum absolute atomic E-state index is 13.1. The molecule has 0 unspecified atom stereocenters. The van der Waals surface area contributed by atoms with E-state index in [-0.39, 0.29) is 18.4 Å². The topological polar surface area (TPSA) is 3.24 Å². The molecule has 0 aromatic heterocycles. The monoisotopic (exact) mass is 319 g/mol. The van der Waals surface area contributed by atoms with Crippen LogP contribution in [0, 0.1) is 0 Å². The smallest absolute Gasteiger partial charge is 0.258 e. The molecule has 116 valence electrons. The van der Waals surface area contributed by atoms with E-state index in [1.54, 1.807) is 0 Å². The first-order chi connectivity index (χ1) is 8.56. The minimum Gasteiger partial charge on any atom is -0.326 e. The average Bonchev–Trinajstić information content (AvgIpc) is 2.34. The molecule has 1 saturated heterocycles. The molecule has 1 aliphatic rings. The van der Waals surface area contributed by atoms with Gasteiger partial charge in [-0.2, -0.15) is 0 Å². The Hall–Kier alpha value is 0.360. The van der Waals surface area contributed by atoms with Crippen molar-refractivity contribution in [1.82, 2.24) is 3.94 Å². The Kier molecular flexibility index (Phi) is 7.53. The molecular weight excluding hydrogens is 293 g/mol. The lowest BCUT2D eigenvalue weighted by atomic mass is 9.98. The van der Waals surface area contributed by atoms with E-state index >= 15 is 0 Å². The van der Waals surface area contributed by atoms with E-state index in [1.165, 1.54) is 0 Å². The van der Waals surface area contributed by atoms with Gasteiger partial charge in [-0.15, -0.1) is 3.94 Å². The van der Waals surface area contributed by atoms with Gasteiger partial charge in [-0.1, -0.05) is 13.8 Å². The number of nitrogens with zero attached hydrogens (tertiary/aromatic N) is 2. The standard InChI is InChI=1S/C11H21Cl2F2N2.C2H6/c1-10(2,16(12)13)4-7-17(3)8-5-11(14,15)6-9-17;1-2/h4-9H2,1-3H3;1-2H3/q+1;. The van der Waals surface area contributed by atoms with Gasteiger partial charge in [0.25, 0.3) is 5.92 Å². The highest BCUT2D eigenvalue weighted by Crippen LogP contribution is 2.32. The van der Waals surface area contributed by atoms with Crippen LogP contribution in [0.4, 0.5) is 8.78 Å². The minimum absolute atomic E-state index is 0.0185. The van der Waals surface area contributed by atoms with Crippen molar-refractivity contribution >= 4 is 23.6 Å². The first-order valence-corrected chi connectivity index (χ1v) is 7.57. The Labute approximate surface area is 126 Å². The normalized spacial score (nSPS) is 21.8. The molecule has 6 heteroatoms. The average molecular weight is 320 g/mol. The Balaban J connectivity index is 0.00000154. The summed E-state index contributed by atoms with van der Waals surface area (Å²) in [4.78, 5) is 0. The van der Waals surface area contributed by atoms with Crippen molar-refractivity contribution in [3.05, 3.63) is 0 Å². The molecule has 0 bridgehead atoms. The first-order valence-electron chi connectivity index (χ1n) is 6.90. The van der Waals surface area contributed by atoms with Crippen LogP contribution in [-0.2, 0) is 0 Å². The molecule has 0 aliphatic carbocycles. The van der Waals surface area contributed by atoms with Gasteiger partial charge in [0.15, 0.2) is 0 Å². The summed E-state index contributed by atoms with van der Waals surface area (Å²) in [5.41, 5.74) is -0.329. The Bertz CT molecular complexity index is 261. The third kappa shape index (κ3) is 6.56. The van der Waals surface area contributed by atoms with Gasteiger partial charge in [-0.3, -0.25) is 0 Å². The van der Waals surface area contributed by atoms with Crippen LogP contribution in [0.1, 0.15) is 47.0 Å². The fourth-order valence-electron chi connectivity index (χ4n) is 1.96. The molecule has 1 heterocycles. The van der Waals surface area contributed by atoms with Gasteiger partial charge < -0.3 is 4.48 Å². The molecule has 1 rings (SSSR count). The molecule has 0 spiro atoms. The highest BCUT2D eigenvalue weighted by molar-refractivity contribution is 6.34. The number of likely N-dealkylation sites (tertiary alicyclic amines) is 1. The molecule has 19 heavy (non-hydrogen) atoms. The number of quaternary nitrogens is 1. The zero-order valence-corrected chi connectivity index (χ0v) is 14.2. The lowest BCUT2D eigenvalue weighted by Crippen LogP contribution is -2.54. The van der Waals surface area contributed by atoms with E-state index in [0.29, 0.717) is 17.6 Å². The predicted octanol–water partition coefficient (Wildman–Crippen LogP) is 4.67. The molecule has 0 aromatic rings. The summed E-state index contributed by atoms with van der Waals surface area (Å²) in [6, 6.07) is 0. The summed E-state index contributed by atoms with van der Waals surface area (Å²) in [7, 11) is 2.03. The molecule has 1 aliphatic heterocycles. The lowest BCUT2D eigenvalue weighted by Gasteiger charge is -2.42. The number of rotatable bonds is 4. The number of halogens is 4. The molecule has 0 saturated carbocycles. The third-order valence-electron chi connectivity index (χ3n) is 3.76. The minimum atomic E-state index is -2.47. The molecule has 0 atom stereocenters. The van der Waals surface area contributed by atoms with Crippen LogP contribution in [0.3, 0.4) is 0 Å². The molecule has 0 aromatic carbocycles. The second kappa shape index (κ2) is 7.39. The largest absolute Gasteiger partial charge is 0.326 e. The Morgan fingerprint density at radius 2 is 1.58 bits per heavy atom. The van der Waals surface area contributed by atoms with Crippen LogP contribution >= 0.6 is 23.6 Å². The van der Waals surface area contributed by atoms with Crippen LogP contribution in [0.25, 0.3) is 0 Å². The van der Waals surface area contributed by atoms with Crippen LogP contribution in [-0.4, -0.2) is 46.6 Å². The maximum atomic E-state index is 13.1. The summed E-state index contributed by atoms with van der Waals surface area (Å²) in [6.07, 6.45) is 0.743. The van der Waals surface area contributed by atoms with Gasteiger partial charge in [-0.05, 0) is 37.4 Å². The Morgan fingerprint density at radius 3 is 1.95 bits per heavy atom. The van der Waals surface area contributed by atoms with E-state index < -0.39 is 5.92 Å². The van der Waals surface area contributed by atoms with Gasteiger partial charge in [-0.25, -0.2) is 8.78 Å². The van der Waals surface area contributed by atoms with Crippen molar-refractivity contribution in [2.24, 2.45) is 0 Å². The van der Waals surface area contributed by atoms with E-state index in [1.807, 2.05) is 34.7 Å². The van der Waals surface area contributed by atoms with Gasteiger partial charge in [0.2, 0.25) is 0 Å². The molecule has 2 nitrogen and oxygen atoms in total. The number of alkyl halides is 2. The van der Waals surface area contributed by atoms with Crippen molar-refractivity contribution in [3.63, 3.8) is 0 Å². The van der Waals surface area contributed by atoms with Gasteiger partial charge in [0.05, 0.1) is 45.1 Å². The summed E-state index contributed by atoms with van der Waals surface area (Å²) in [5.74, 6) is -2.47. The fraction of sp³-hybridized carbons (Fsp3) is 1.00. The molecule has 0 N–H and O–H groups in total. The maximum Gasteiger partial charge on any atom is 0.258 e. The van der Waals surface area contributed by atoms with E-state index in [2.05, 4.69) is 0 Å². The number of piperidine rings is 1. The zero-order valence-electron chi connectivity index (χ0n) is 12.6. The van der Waals surface area contributed by atoms with Crippen molar-refractivity contribution in [2.75, 3.05) is 26.7 Å². The summed E-state index contributed by atoms with van der Waals surface area (Å²) in [5, 5.41) is 0. The molecule has 0 amide bonds. The second-order valence-electron chi connectivity index (χ2n) is 5.94. The molecular formula is C13H27Cl2F2N2+. The molecule has 0 radical (unpaired) electrons. The highest BCUT2D eigenvalue weighted by Gasteiger charge is 2.41. The van der Waals surface area contributed by atoms with Crippen molar-refractivity contribution < 1.29 is 13.3 Å². The van der Waals surface area contributed by atoms with Gasteiger partial charge in [0, 0.05) is 6.42 Å². The van der Waals surface area contributed by atoms with Crippen LogP contribution in [0.15, 0.2) is 0 Å². The van der Waals surface area contributed by atoms with Crippen molar-refractivity contribution in [3.8, 4) is 0 Å². The quantitative estimate of drug-likeness (QED) is 0.537. The van der Waals surface area contributed by atoms with Crippen LogP contribution < -0.4 is 0 Å². The fourth-order valence-corrected chi connectivity index (χ4v) is 2.12. The Morgan fingerprint density at radius 1 is 1.16 bits per heavy atom. The first kappa shape index (κ1) is 19.4. The summed E-state index contributed by atoms with van der Waals surface area (Å²) >= 11 is 11.5.